The van der Waals surface area contributed by atoms with E-state index >= 15 is 0 Å². The van der Waals surface area contributed by atoms with E-state index in [4.69, 9.17) is 0 Å². The number of hydrogen-bond acceptors (Lipinski definition) is 6. The molecule has 2 aromatic rings. The molecule has 29 heavy (non-hydrogen) atoms. The Morgan fingerprint density at radius 1 is 1.03 bits per heavy atom. The Labute approximate surface area is 170 Å². The van der Waals surface area contributed by atoms with Crippen LogP contribution in [0.3, 0.4) is 0 Å². The topological polar surface area (TPSA) is 110 Å². The molecule has 0 N–H and O–H groups in total. The molecule has 1 aromatic heterocycles. The second-order valence-electron chi connectivity index (χ2n) is 6.90. The Bertz CT molecular complexity index is 1060. The summed E-state index contributed by atoms with van der Waals surface area (Å²) < 4.78 is 53.0. The van der Waals surface area contributed by atoms with Gasteiger partial charge < -0.3 is 9.47 Å². The first-order valence-electron chi connectivity index (χ1n) is 9.24. The number of benzene rings is 1. The average molecular weight is 441 g/mol. The molecule has 9 nitrogen and oxygen atoms in total. The Morgan fingerprint density at radius 3 is 2.41 bits per heavy atom. The lowest BCUT2D eigenvalue weighted by molar-refractivity contribution is -0.130. The SMILES string of the molecule is Cn1cnc(S(=O)(=O)N2CCCN(C(=O)CCS(=O)(=O)c3ccccc3)CC2)c1. The Hall–Kier alpha value is -2.24. The van der Waals surface area contributed by atoms with Crippen LogP contribution in [0, 0.1) is 0 Å². The van der Waals surface area contributed by atoms with Crippen molar-refractivity contribution >= 4 is 25.8 Å². The minimum Gasteiger partial charge on any atom is -0.341 e. The number of rotatable bonds is 6. The molecule has 0 unspecified atom stereocenters. The molecule has 1 aliphatic heterocycles. The smallest absolute Gasteiger partial charge is 0.262 e. The van der Waals surface area contributed by atoms with Crippen molar-refractivity contribution in [2.24, 2.45) is 7.05 Å². The summed E-state index contributed by atoms with van der Waals surface area (Å²) in [5, 5.41) is -0.0197. The number of aromatic nitrogens is 2. The van der Waals surface area contributed by atoms with Gasteiger partial charge in [0, 0.05) is 45.8 Å². The van der Waals surface area contributed by atoms with Crippen molar-refractivity contribution in [3.8, 4) is 0 Å². The molecule has 1 fully saturated rings. The minimum absolute atomic E-state index is 0.0197. The zero-order chi connectivity index (χ0) is 21.1. The Morgan fingerprint density at radius 2 is 1.76 bits per heavy atom. The van der Waals surface area contributed by atoms with Crippen molar-refractivity contribution in [1.29, 1.82) is 0 Å². The molecule has 1 aliphatic rings. The summed E-state index contributed by atoms with van der Waals surface area (Å²) in [6.45, 7) is 1.04. The van der Waals surface area contributed by atoms with E-state index in [1.165, 1.54) is 33.9 Å². The first-order valence-corrected chi connectivity index (χ1v) is 12.3. The molecule has 11 heteroatoms. The van der Waals surface area contributed by atoms with E-state index in [0.717, 1.165) is 0 Å². The first-order chi connectivity index (χ1) is 13.7. The van der Waals surface area contributed by atoms with Gasteiger partial charge in [0.1, 0.15) is 0 Å². The molecule has 0 spiro atoms. The van der Waals surface area contributed by atoms with Gasteiger partial charge in [0.15, 0.2) is 14.9 Å². The average Bonchev–Trinajstić information content (AvgIpc) is 2.99. The number of hydrogen-bond donors (Lipinski definition) is 0. The lowest BCUT2D eigenvalue weighted by Gasteiger charge is -2.21. The number of carbonyl (C=O) groups is 1. The fourth-order valence-corrected chi connectivity index (χ4v) is 5.85. The molecule has 158 valence electrons. The third-order valence-corrected chi connectivity index (χ3v) is 8.30. The standard InChI is InChI=1S/C18H24N4O5S2/c1-20-14-17(19-15-20)29(26,27)22-10-5-9-21(11-12-22)18(23)8-13-28(24,25)16-6-3-2-4-7-16/h2-4,6-7,14-15H,5,8-13H2,1H3. The maximum Gasteiger partial charge on any atom is 0.262 e. The van der Waals surface area contributed by atoms with E-state index in [0.29, 0.717) is 13.0 Å². The molecular formula is C18H24N4O5S2. The highest BCUT2D eigenvalue weighted by Gasteiger charge is 2.30. The predicted molar refractivity (Wildman–Crippen MR) is 106 cm³/mol. The molecule has 0 saturated carbocycles. The molecular weight excluding hydrogens is 416 g/mol. The summed E-state index contributed by atoms with van der Waals surface area (Å²) in [5.41, 5.74) is 0. The lowest BCUT2D eigenvalue weighted by atomic mass is 10.3. The molecule has 1 saturated heterocycles. The van der Waals surface area contributed by atoms with E-state index in [1.54, 1.807) is 29.8 Å². The second-order valence-corrected chi connectivity index (χ2v) is 10.9. The van der Waals surface area contributed by atoms with Crippen LogP contribution < -0.4 is 0 Å². The van der Waals surface area contributed by atoms with E-state index < -0.39 is 19.9 Å². The third kappa shape index (κ3) is 5.03. The van der Waals surface area contributed by atoms with E-state index in [-0.39, 0.29) is 47.6 Å². The van der Waals surface area contributed by atoms with Gasteiger partial charge in [-0.25, -0.2) is 21.8 Å². The van der Waals surface area contributed by atoms with Crippen LogP contribution in [0.4, 0.5) is 0 Å². The number of aryl methyl sites for hydroxylation is 1. The minimum atomic E-state index is -3.72. The molecule has 0 atom stereocenters. The number of sulfonamides is 1. The van der Waals surface area contributed by atoms with E-state index in [9.17, 15) is 21.6 Å². The zero-order valence-corrected chi connectivity index (χ0v) is 17.8. The van der Waals surface area contributed by atoms with Crippen LogP contribution in [0.15, 0.2) is 52.8 Å². The van der Waals surface area contributed by atoms with Crippen LogP contribution in [-0.2, 0) is 31.7 Å². The zero-order valence-electron chi connectivity index (χ0n) is 16.1. The number of amides is 1. The molecule has 3 rings (SSSR count). The van der Waals surface area contributed by atoms with Crippen molar-refractivity contribution in [2.75, 3.05) is 31.9 Å². The van der Waals surface area contributed by atoms with Crippen LogP contribution >= 0.6 is 0 Å². The highest BCUT2D eigenvalue weighted by molar-refractivity contribution is 7.91. The van der Waals surface area contributed by atoms with Gasteiger partial charge in [-0.05, 0) is 18.6 Å². The summed E-state index contributed by atoms with van der Waals surface area (Å²) in [5.74, 6) is -0.566. The highest BCUT2D eigenvalue weighted by Crippen LogP contribution is 2.17. The monoisotopic (exact) mass is 440 g/mol. The van der Waals surface area contributed by atoms with Crippen molar-refractivity contribution < 1.29 is 21.6 Å². The largest absolute Gasteiger partial charge is 0.341 e. The van der Waals surface area contributed by atoms with Gasteiger partial charge in [-0.1, -0.05) is 18.2 Å². The second kappa shape index (κ2) is 8.64. The van der Waals surface area contributed by atoms with Gasteiger partial charge in [0.25, 0.3) is 10.0 Å². The Kier molecular flexibility index (Phi) is 6.39. The lowest BCUT2D eigenvalue weighted by Crippen LogP contribution is -2.38. The first kappa shape index (κ1) is 21.5. The highest BCUT2D eigenvalue weighted by atomic mass is 32.2. The quantitative estimate of drug-likeness (QED) is 0.647. The fourth-order valence-electron chi connectivity index (χ4n) is 3.16. The van der Waals surface area contributed by atoms with Crippen LogP contribution in [0.1, 0.15) is 12.8 Å². The Balaban J connectivity index is 1.60. The molecule has 1 aromatic carbocycles. The number of sulfone groups is 1. The van der Waals surface area contributed by atoms with Crippen molar-refractivity contribution in [3.05, 3.63) is 42.9 Å². The van der Waals surface area contributed by atoms with Crippen molar-refractivity contribution in [3.63, 3.8) is 0 Å². The molecule has 2 heterocycles. The summed E-state index contributed by atoms with van der Waals surface area (Å²) >= 11 is 0. The van der Waals surface area contributed by atoms with Crippen LogP contribution in [-0.4, -0.2) is 73.4 Å². The van der Waals surface area contributed by atoms with Crippen molar-refractivity contribution in [1.82, 2.24) is 18.8 Å². The number of nitrogens with zero attached hydrogens (tertiary/aromatic N) is 4. The number of imidazole rings is 1. The summed E-state index contributed by atoms with van der Waals surface area (Å²) in [6, 6.07) is 8.02. The van der Waals surface area contributed by atoms with Gasteiger partial charge in [-0.3, -0.25) is 4.79 Å². The van der Waals surface area contributed by atoms with Gasteiger partial charge in [0.2, 0.25) is 5.91 Å². The van der Waals surface area contributed by atoms with Crippen molar-refractivity contribution in [2.45, 2.75) is 22.8 Å². The number of carbonyl (C=O) groups excluding carboxylic acids is 1. The van der Waals surface area contributed by atoms with Crippen LogP contribution in [0.5, 0.6) is 0 Å². The molecule has 0 radical (unpaired) electrons. The van der Waals surface area contributed by atoms with Gasteiger partial charge in [-0.15, -0.1) is 0 Å². The van der Waals surface area contributed by atoms with E-state index in [2.05, 4.69) is 4.98 Å². The molecule has 1 amide bonds. The third-order valence-electron chi connectivity index (χ3n) is 4.78. The fraction of sp³-hybridized carbons (Fsp3) is 0.444. The normalized spacial score (nSPS) is 16.5. The van der Waals surface area contributed by atoms with Crippen LogP contribution in [0.2, 0.25) is 0 Å². The summed E-state index contributed by atoms with van der Waals surface area (Å²) in [7, 11) is -5.56. The molecule has 0 aliphatic carbocycles. The van der Waals surface area contributed by atoms with E-state index in [1.807, 2.05) is 0 Å². The maximum absolute atomic E-state index is 12.7. The predicted octanol–water partition coefficient (Wildman–Crippen LogP) is 0.507. The maximum atomic E-state index is 12.7. The van der Waals surface area contributed by atoms with Crippen LogP contribution in [0.25, 0.3) is 0 Å². The van der Waals surface area contributed by atoms with Gasteiger partial charge in [-0.2, -0.15) is 4.31 Å². The van der Waals surface area contributed by atoms with Gasteiger partial charge >= 0.3 is 0 Å². The molecule has 0 bridgehead atoms. The summed E-state index contributed by atoms with van der Waals surface area (Å²) in [6.07, 6.45) is 3.21. The summed E-state index contributed by atoms with van der Waals surface area (Å²) in [4.78, 5) is 18.2. The van der Waals surface area contributed by atoms with Gasteiger partial charge in [0.05, 0.1) is 17.0 Å².